The minimum atomic E-state index is 0.526. The average Bonchev–Trinajstić information content (AvgIpc) is 2.46. The third kappa shape index (κ3) is 2.58. The van der Waals surface area contributed by atoms with Crippen molar-refractivity contribution in [1.82, 2.24) is 5.32 Å². The van der Waals surface area contributed by atoms with Gasteiger partial charge in [-0.3, -0.25) is 0 Å². The molecule has 2 aliphatic carbocycles. The van der Waals surface area contributed by atoms with Crippen LogP contribution in [0, 0.1) is 5.41 Å². The highest BCUT2D eigenvalue weighted by Gasteiger charge is 2.35. The van der Waals surface area contributed by atoms with Crippen molar-refractivity contribution in [2.45, 2.75) is 57.9 Å². The Morgan fingerprint density at radius 1 is 1.30 bits per heavy atom. The fourth-order valence-electron chi connectivity index (χ4n) is 3.79. The lowest BCUT2D eigenvalue weighted by Gasteiger charge is -2.43. The first kappa shape index (κ1) is 13.9. The summed E-state index contributed by atoms with van der Waals surface area (Å²) in [6, 6.07) is 7.12. The van der Waals surface area contributed by atoms with E-state index in [-0.39, 0.29) is 0 Å². The molecule has 0 amide bonds. The molecule has 1 atom stereocenters. The van der Waals surface area contributed by atoms with Crippen LogP contribution in [0.1, 0.15) is 62.6 Å². The standard InChI is InChI=1S/C18H27NO/c1-3-18(10-5-11-18)13-19-17-7-4-6-14-8-9-15(20-2)12-16(14)17/h8-9,12,17,19H,3-7,10-11,13H2,1-2H3. The van der Waals surface area contributed by atoms with Crippen molar-refractivity contribution in [3.63, 3.8) is 0 Å². The highest BCUT2D eigenvalue weighted by molar-refractivity contribution is 5.39. The van der Waals surface area contributed by atoms with E-state index in [0.29, 0.717) is 11.5 Å². The molecule has 0 bridgehead atoms. The quantitative estimate of drug-likeness (QED) is 0.866. The molecule has 1 fully saturated rings. The van der Waals surface area contributed by atoms with Gasteiger partial charge in [0.25, 0.3) is 0 Å². The van der Waals surface area contributed by atoms with E-state index >= 15 is 0 Å². The molecule has 0 aromatic heterocycles. The number of fused-ring (bicyclic) bond motifs is 1. The molecule has 20 heavy (non-hydrogen) atoms. The Kier molecular flexibility index (Phi) is 4.02. The molecule has 110 valence electrons. The van der Waals surface area contributed by atoms with E-state index in [0.717, 1.165) is 5.75 Å². The molecule has 1 N–H and O–H groups in total. The normalized spacial score (nSPS) is 23.8. The number of rotatable bonds is 5. The Morgan fingerprint density at radius 2 is 2.15 bits per heavy atom. The van der Waals surface area contributed by atoms with Crippen LogP contribution in [0.2, 0.25) is 0 Å². The van der Waals surface area contributed by atoms with Crippen molar-refractivity contribution < 1.29 is 4.74 Å². The van der Waals surface area contributed by atoms with Crippen LogP contribution in [-0.4, -0.2) is 13.7 Å². The van der Waals surface area contributed by atoms with Crippen LogP contribution < -0.4 is 10.1 Å². The van der Waals surface area contributed by atoms with E-state index in [9.17, 15) is 0 Å². The zero-order valence-electron chi connectivity index (χ0n) is 12.9. The summed E-state index contributed by atoms with van der Waals surface area (Å²) in [5.41, 5.74) is 3.58. The van der Waals surface area contributed by atoms with Crippen LogP contribution in [0.4, 0.5) is 0 Å². The van der Waals surface area contributed by atoms with Gasteiger partial charge in [-0.2, -0.15) is 0 Å². The first-order valence-corrected chi connectivity index (χ1v) is 8.16. The largest absolute Gasteiger partial charge is 0.497 e. The van der Waals surface area contributed by atoms with E-state index in [1.54, 1.807) is 7.11 Å². The number of nitrogens with one attached hydrogen (secondary N) is 1. The van der Waals surface area contributed by atoms with Gasteiger partial charge in [-0.25, -0.2) is 0 Å². The van der Waals surface area contributed by atoms with Gasteiger partial charge >= 0.3 is 0 Å². The van der Waals surface area contributed by atoms with Crippen molar-refractivity contribution in [3.05, 3.63) is 29.3 Å². The second kappa shape index (κ2) is 5.77. The summed E-state index contributed by atoms with van der Waals surface area (Å²) in [4.78, 5) is 0. The number of benzene rings is 1. The van der Waals surface area contributed by atoms with E-state index in [1.165, 1.54) is 62.6 Å². The molecule has 1 aromatic rings. The maximum atomic E-state index is 5.40. The van der Waals surface area contributed by atoms with Crippen molar-refractivity contribution in [3.8, 4) is 5.75 Å². The van der Waals surface area contributed by atoms with Crippen LogP contribution in [0.5, 0.6) is 5.75 Å². The predicted octanol–water partition coefficient (Wildman–Crippen LogP) is 4.24. The van der Waals surface area contributed by atoms with Gasteiger partial charge in [0.1, 0.15) is 5.75 Å². The second-order valence-electron chi connectivity index (χ2n) is 6.60. The molecule has 0 heterocycles. The lowest BCUT2D eigenvalue weighted by Crippen LogP contribution is -2.41. The first-order valence-electron chi connectivity index (χ1n) is 8.16. The molecule has 1 unspecified atom stereocenters. The molecule has 0 aliphatic heterocycles. The van der Waals surface area contributed by atoms with E-state index in [1.807, 2.05) is 0 Å². The third-order valence-corrected chi connectivity index (χ3v) is 5.56. The summed E-state index contributed by atoms with van der Waals surface area (Å²) in [6.45, 7) is 3.53. The number of hydrogen-bond donors (Lipinski definition) is 1. The van der Waals surface area contributed by atoms with Gasteiger partial charge in [0.05, 0.1) is 7.11 Å². The van der Waals surface area contributed by atoms with Gasteiger partial charge < -0.3 is 10.1 Å². The van der Waals surface area contributed by atoms with Crippen LogP contribution >= 0.6 is 0 Å². The molecule has 2 aliphatic rings. The maximum Gasteiger partial charge on any atom is 0.119 e. The molecular weight excluding hydrogens is 246 g/mol. The Labute approximate surface area is 122 Å². The molecule has 3 rings (SSSR count). The highest BCUT2D eigenvalue weighted by Crippen LogP contribution is 2.44. The zero-order chi connectivity index (χ0) is 14.0. The number of methoxy groups -OCH3 is 1. The fourth-order valence-corrected chi connectivity index (χ4v) is 3.79. The van der Waals surface area contributed by atoms with Gasteiger partial charge in [0, 0.05) is 12.6 Å². The Morgan fingerprint density at radius 3 is 2.80 bits per heavy atom. The second-order valence-corrected chi connectivity index (χ2v) is 6.60. The maximum absolute atomic E-state index is 5.40. The SMILES string of the molecule is CCC1(CNC2CCCc3ccc(OC)cc32)CCC1. The molecule has 1 saturated carbocycles. The lowest BCUT2D eigenvalue weighted by molar-refractivity contribution is 0.117. The molecule has 1 aromatic carbocycles. The zero-order valence-corrected chi connectivity index (χ0v) is 12.9. The summed E-state index contributed by atoms with van der Waals surface area (Å²) in [6.07, 6.45) is 9.34. The smallest absolute Gasteiger partial charge is 0.119 e. The minimum absolute atomic E-state index is 0.526. The minimum Gasteiger partial charge on any atom is -0.497 e. The topological polar surface area (TPSA) is 21.3 Å². The van der Waals surface area contributed by atoms with Gasteiger partial charge in [0.15, 0.2) is 0 Å². The summed E-state index contributed by atoms with van der Waals surface area (Å²) in [5.74, 6) is 0.992. The third-order valence-electron chi connectivity index (χ3n) is 5.56. The lowest BCUT2D eigenvalue weighted by atomic mass is 9.67. The van der Waals surface area contributed by atoms with Crippen molar-refractivity contribution in [1.29, 1.82) is 0 Å². The van der Waals surface area contributed by atoms with Crippen molar-refractivity contribution >= 4 is 0 Å². The molecule has 0 saturated heterocycles. The number of aryl methyl sites for hydroxylation is 1. The van der Waals surface area contributed by atoms with Crippen LogP contribution in [-0.2, 0) is 6.42 Å². The Hall–Kier alpha value is -1.02. The predicted molar refractivity (Wildman–Crippen MR) is 83.3 cm³/mol. The number of ether oxygens (including phenoxy) is 1. The molecule has 2 nitrogen and oxygen atoms in total. The van der Waals surface area contributed by atoms with Gasteiger partial charge in [-0.15, -0.1) is 0 Å². The summed E-state index contributed by atoms with van der Waals surface area (Å²) < 4.78 is 5.40. The highest BCUT2D eigenvalue weighted by atomic mass is 16.5. The van der Waals surface area contributed by atoms with Crippen LogP contribution in [0.3, 0.4) is 0 Å². The summed E-state index contributed by atoms with van der Waals surface area (Å²) in [7, 11) is 1.76. The van der Waals surface area contributed by atoms with E-state index < -0.39 is 0 Å². The van der Waals surface area contributed by atoms with E-state index in [2.05, 4.69) is 30.4 Å². The van der Waals surface area contributed by atoms with Gasteiger partial charge in [-0.1, -0.05) is 19.4 Å². The molecule has 0 spiro atoms. The van der Waals surface area contributed by atoms with Crippen LogP contribution in [0.15, 0.2) is 18.2 Å². The Balaban J connectivity index is 1.72. The monoisotopic (exact) mass is 273 g/mol. The van der Waals surface area contributed by atoms with Crippen molar-refractivity contribution in [2.24, 2.45) is 5.41 Å². The molecule has 0 radical (unpaired) electrons. The van der Waals surface area contributed by atoms with Crippen molar-refractivity contribution in [2.75, 3.05) is 13.7 Å². The van der Waals surface area contributed by atoms with Crippen LogP contribution in [0.25, 0.3) is 0 Å². The molecule has 2 heteroatoms. The fraction of sp³-hybridized carbons (Fsp3) is 0.667. The average molecular weight is 273 g/mol. The van der Waals surface area contributed by atoms with Gasteiger partial charge in [0.2, 0.25) is 0 Å². The Bertz CT molecular complexity index is 459. The van der Waals surface area contributed by atoms with Gasteiger partial charge in [-0.05, 0) is 67.2 Å². The van der Waals surface area contributed by atoms with E-state index in [4.69, 9.17) is 4.74 Å². The summed E-state index contributed by atoms with van der Waals surface area (Å²) >= 11 is 0. The number of hydrogen-bond acceptors (Lipinski definition) is 2. The first-order chi connectivity index (χ1) is 9.76. The summed E-state index contributed by atoms with van der Waals surface area (Å²) in [5, 5.41) is 3.87. The molecular formula is C18H27NO.